The van der Waals surface area contributed by atoms with Crippen molar-refractivity contribution >= 4 is 17.4 Å². The molecule has 0 saturated carbocycles. The molecule has 1 heterocycles. The lowest BCUT2D eigenvalue weighted by molar-refractivity contribution is -0.123. The van der Waals surface area contributed by atoms with Gasteiger partial charge < -0.3 is 4.74 Å². The van der Waals surface area contributed by atoms with Gasteiger partial charge in [0.25, 0.3) is 11.8 Å². The zero-order valence-corrected chi connectivity index (χ0v) is 8.82. The van der Waals surface area contributed by atoms with E-state index >= 15 is 0 Å². The summed E-state index contributed by atoms with van der Waals surface area (Å²) in [7, 11) is 0. The first-order valence-electron chi connectivity index (χ1n) is 5.01. The molecule has 0 atom stereocenters. The van der Waals surface area contributed by atoms with E-state index in [1.54, 1.807) is 18.2 Å². The molecule has 1 N–H and O–H groups in total. The van der Waals surface area contributed by atoms with Crippen LogP contribution in [0, 0.1) is 0 Å². The molecule has 1 aromatic rings. The minimum atomic E-state index is -0.383. The second-order valence-corrected chi connectivity index (χ2v) is 3.31. The number of nitrogens with one attached hydrogen (secondary N) is 1. The lowest BCUT2D eigenvalue weighted by Crippen LogP contribution is -2.21. The molecule has 1 aliphatic heterocycles. The second-order valence-electron chi connectivity index (χ2n) is 3.31. The van der Waals surface area contributed by atoms with Crippen molar-refractivity contribution in [3.05, 3.63) is 35.9 Å². The monoisotopic (exact) mass is 217 g/mol. The van der Waals surface area contributed by atoms with Gasteiger partial charge in [0.05, 0.1) is 12.2 Å². The van der Waals surface area contributed by atoms with E-state index in [1.807, 2.05) is 13.0 Å². The molecule has 0 saturated heterocycles. The van der Waals surface area contributed by atoms with Crippen molar-refractivity contribution in [1.29, 1.82) is 0 Å². The van der Waals surface area contributed by atoms with Crippen LogP contribution < -0.4 is 10.1 Å². The zero-order valence-electron chi connectivity index (χ0n) is 8.82. The number of para-hydroxylation sites is 1. The first-order valence-corrected chi connectivity index (χ1v) is 5.01. The number of ether oxygens (including phenoxy) is 1. The minimum Gasteiger partial charge on any atom is -0.493 e. The number of rotatable bonds is 3. The van der Waals surface area contributed by atoms with E-state index in [4.69, 9.17) is 4.74 Å². The van der Waals surface area contributed by atoms with Crippen LogP contribution in [0.2, 0.25) is 0 Å². The molecule has 0 spiro atoms. The van der Waals surface area contributed by atoms with Gasteiger partial charge in [-0.2, -0.15) is 0 Å². The number of carbonyl (C=O) groups excluding carboxylic acids is 2. The van der Waals surface area contributed by atoms with Crippen LogP contribution in [-0.2, 0) is 9.59 Å². The highest BCUT2D eigenvalue weighted by atomic mass is 16.5. The Bertz CT molecular complexity index is 477. The van der Waals surface area contributed by atoms with Gasteiger partial charge in [0, 0.05) is 11.6 Å². The van der Waals surface area contributed by atoms with Gasteiger partial charge in [-0.3, -0.25) is 14.9 Å². The fraction of sp³-hybridized carbons (Fsp3) is 0.167. The van der Waals surface area contributed by atoms with E-state index < -0.39 is 0 Å². The van der Waals surface area contributed by atoms with Gasteiger partial charge in [-0.1, -0.05) is 18.2 Å². The van der Waals surface area contributed by atoms with E-state index in [0.717, 1.165) is 0 Å². The SMILES string of the molecule is CCOc1ccccc1C1=CC(=O)NC1=O. The van der Waals surface area contributed by atoms with E-state index in [9.17, 15) is 9.59 Å². The van der Waals surface area contributed by atoms with Crippen LogP contribution in [0.25, 0.3) is 5.57 Å². The second kappa shape index (κ2) is 4.18. The summed E-state index contributed by atoms with van der Waals surface area (Å²) in [6.45, 7) is 2.38. The Morgan fingerprint density at radius 2 is 2.00 bits per heavy atom. The topological polar surface area (TPSA) is 55.4 Å². The molecule has 16 heavy (non-hydrogen) atoms. The highest BCUT2D eigenvalue weighted by Crippen LogP contribution is 2.27. The zero-order chi connectivity index (χ0) is 11.5. The van der Waals surface area contributed by atoms with Gasteiger partial charge in [0.2, 0.25) is 0 Å². The third-order valence-electron chi connectivity index (χ3n) is 2.23. The molecule has 4 heteroatoms. The average Bonchev–Trinajstić information content (AvgIpc) is 2.59. The summed E-state index contributed by atoms with van der Waals surface area (Å²) in [5, 5.41) is 2.21. The molecule has 1 aliphatic rings. The Kier molecular flexibility index (Phi) is 2.72. The summed E-state index contributed by atoms with van der Waals surface area (Å²) in [6.07, 6.45) is 1.29. The van der Waals surface area contributed by atoms with Crippen molar-refractivity contribution < 1.29 is 14.3 Å². The van der Waals surface area contributed by atoms with Crippen LogP contribution >= 0.6 is 0 Å². The molecule has 82 valence electrons. The van der Waals surface area contributed by atoms with Gasteiger partial charge >= 0.3 is 0 Å². The lowest BCUT2D eigenvalue weighted by Gasteiger charge is -2.09. The van der Waals surface area contributed by atoms with Crippen molar-refractivity contribution in [2.45, 2.75) is 6.92 Å². The maximum atomic E-state index is 11.5. The van der Waals surface area contributed by atoms with E-state index in [0.29, 0.717) is 23.5 Å². The quantitative estimate of drug-likeness (QED) is 0.772. The number of hydrogen-bond donors (Lipinski definition) is 1. The van der Waals surface area contributed by atoms with Gasteiger partial charge in [-0.05, 0) is 13.0 Å². The molecule has 0 aromatic heterocycles. The standard InChI is InChI=1S/C12H11NO3/c1-2-16-10-6-4-3-5-8(10)9-7-11(14)13-12(9)15/h3-7H,2H2,1H3,(H,13,14,15). The molecule has 0 bridgehead atoms. The van der Waals surface area contributed by atoms with Gasteiger partial charge in [-0.25, -0.2) is 0 Å². The minimum absolute atomic E-state index is 0.356. The highest BCUT2D eigenvalue weighted by molar-refractivity contribution is 6.33. The van der Waals surface area contributed by atoms with Crippen molar-refractivity contribution in [3.63, 3.8) is 0 Å². The number of amides is 2. The molecular weight excluding hydrogens is 206 g/mol. The van der Waals surface area contributed by atoms with Crippen LogP contribution in [0.3, 0.4) is 0 Å². The molecule has 1 aromatic carbocycles. The molecule has 0 fully saturated rings. The third kappa shape index (κ3) is 1.82. The molecule has 2 rings (SSSR count). The van der Waals surface area contributed by atoms with E-state index in [2.05, 4.69) is 5.32 Å². The summed E-state index contributed by atoms with van der Waals surface area (Å²) in [4.78, 5) is 22.5. The number of carbonyl (C=O) groups is 2. The Labute approximate surface area is 92.9 Å². The van der Waals surface area contributed by atoms with Crippen LogP contribution in [-0.4, -0.2) is 18.4 Å². The fourth-order valence-electron chi connectivity index (χ4n) is 1.58. The first-order chi connectivity index (χ1) is 7.72. The highest BCUT2D eigenvalue weighted by Gasteiger charge is 2.24. The van der Waals surface area contributed by atoms with Crippen molar-refractivity contribution in [2.75, 3.05) is 6.61 Å². The number of benzene rings is 1. The summed E-state index contributed by atoms with van der Waals surface area (Å²) in [5.41, 5.74) is 1.00. The molecular formula is C12H11NO3. The summed E-state index contributed by atoms with van der Waals surface area (Å²) in [5.74, 6) is -0.149. The van der Waals surface area contributed by atoms with Crippen molar-refractivity contribution in [3.8, 4) is 5.75 Å². The predicted molar refractivity (Wildman–Crippen MR) is 58.7 cm³/mol. The summed E-state index contributed by atoms with van der Waals surface area (Å²) in [6, 6.07) is 7.16. The maximum absolute atomic E-state index is 11.5. The van der Waals surface area contributed by atoms with Gasteiger partial charge in [-0.15, -0.1) is 0 Å². The molecule has 4 nitrogen and oxygen atoms in total. The lowest BCUT2D eigenvalue weighted by atomic mass is 10.1. The predicted octanol–water partition coefficient (Wildman–Crippen LogP) is 1.13. The number of hydrogen-bond acceptors (Lipinski definition) is 3. The van der Waals surface area contributed by atoms with Crippen LogP contribution in [0.15, 0.2) is 30.3 Å². The first kappa shape index (κ1) is 10.4. The van der Waals surface area contributed by atoms with E-state index in [-0.39, 0.29) is 11.8 Å². The van der Waals surface area contributed by atoms with Crippen molar-refractivity contribution in [1.82, 2.24) is 5.32 Å². The third-order valence-corrected chi connectivity index (χ3v) is 2.23. The van der Waals surface area contributed by atoms with Gasteiger partial charge in [0.1, 0.15) is 5.75 Å². The molecule has 0 radical (unpaired) electrons. The smallest absolute Gasteiger partial charge is 0.259 e. The molecule has 2 amide bonds. The average molecular weight is 217 g/mol. The van der Waals surface area contributed by atoms with Crippen molar-refractivity contribution in [2.24, 2.45) is 0 Å². The number of imide groups is 1. The van der Waals surface area contributed by atoms with Gasteiger partial charge in [0.15, 0.2) is 0 Å². The Morgan fingerprint density at radius 1 is 1.25 bits per heavy atom. The van der Waals surface area contributed by atoms with Crippen LogP contribution in [0.5, 0.6) is 5.75 Å². The summed E-state index contributed by atoms with van der Waals surface area (Å²) < 4.78 is 5.40. The normalized spacial score (nSPS) is 14.7. The summed E-state index contributed by atoms with van der Waals surface area (Å²) >= 11 is 0. The molecule has 0 aliphatic carbocycles. The fourth-order valence-corrected chi connectivity index (χ4v) is 1.58. The largest absolute Gasteiger partial charge is 0.493 e. The molecule has 0 unspecified atom stereocenters. The van der Waals surface area contributed by atoms with Crippen LogP contribution in [0.4, 0.5) is 0 Å². The van der Waals surface area contributed by atoms with E-state index in [1.165, 1.54) is 6.08 Å². The van der Waals surface area contributed by atoms with Crippen LogP contribution in [0.1, 0.15) is 12.5 Å². The Hall–Kier alpha value is -2.10. The Balaban J connectivity index is 2.44. The maximum Gasteiger partial charge on any atom is 0.259 e. The Morgan fingerprint density at radius 3 is 2.62 bits per heavy atom.